The number of para-hydroxylation sites is 1. The zero-order valence-electron chi connectivity index (χ0n) is 18.2. The van der Waals surface area contributed by atoms with Gasteiger partial charge in [-0.3, -0.25) is 4.79 Å². The molecule has 0 unspecified atom stereocenters. The molecule has 0 fully saturated rings. The van der Waals surface area contributed by atoms with Gasteiger partial charge in [0.1, 0.15) is 11.3 Å². The Morgan fingerprint density at radius 1 is 0.806 bits per heavy atom. The highest BCUT2D eigenvalue weighted by Gasteiger charge is 2.22. The molecule has 1 heterocycles. The lowest BCUT2D eigenvalue weighted by atomic mass is 10.1. The normalized spacial score (nSPS) is 10.5. The largest absolute Gasteiger partial charge is 0.496 e. The Kier molecular flexibility index (Phi) is 6.65. The molecule has 0 aliphatic rings. The minimum Gasteiger partial charge on any atom is -0.496 e. The van der Waals surface area contributed by atoms with Gasteiger partial charge in [-0.05, 0) is 32.0 Å². The number of aromatic nitrogens is 1. The van der Waals surface area contributed by atoms with Crippen molar-refractivity contribution < 1.29 is 28.5 Å². The lowest BCUT2D eigenvalue weighted by Crippen LogP contribution is -2.16. The number of nitrogens with zero attached hydrogens (tertiary/aromatic N) is 1. The molecular weight excluding hydrogens is 398 g/mol. The fraction of sp³-hybridized carbons (Fsp3) is 0.250. The van der Waals surface area contributed by atoms with Gasteiger partial charge in [0.25, 0.3) is 0 Å². The molecule has 0 spiro atoms. The average molecular weight is 423 g/mol. The Labute approximate surface area is 181 Å². The first kappa shape index (κ1) is 22.0. The average Bonchev–Trinajstić information content (AvgIpc) is 3.10. The molecule has 3 rings (SSSR count). The molecule has 0 radical (unpaired) electrons. The number of Topliss-reactive ketones (excluding diaryl/α,β-unsaturated/α-hetero) is 1. The second-order valence-corrected chi connectivity index (χ2v) is 6.86. The highest BCUT2D eigenvalue weighted by molar-refractivity contribution is 6.01. The SMILES string of the molecule is COc1cc(OC)c(C(=O)OCC(=O)c2cc(C)n(-c3ccccc3)c2C)cc1OC. The van der Waals surface area contributed by atoms with Gasteiger partial charge >= 0.3 is 5.97 Å². The van der Waals surface area contributed by atoms with E-state index in [4.69, 9.17) is 18.9 Å². The Morgan fingerprint density at radius 2 is 1.42 bits per heavy atom. The molecule has 162 valence electrons. The van der Waals surface area contributed by atoms with Crippen molar-refractivity contribution in [3.8, 4) is 22.9 Å². The molecule has 0 aliphatic carbocycles. The summed E-state index contributed by atoms with van der Waals surface area (Å²) in [4.78, 5) is 25.5. The number of methoxy groups -OCH3 is 3. The quantitative estimate of drug-likeness (QED) is 0.400. The maximum absolute atomic E-state index is 12.8. The second kappa shape index (κ2) is 9.38. The van der Waals surface area contributed by atoms with Crippen LogP contribution in [-0.4, -0.2) is 44.3 Å². The number of carbonyl (C=O) groups is 2. The first-order valence-corrected chi connectivity index (χ1v) is 9.66. The molecule has 31 heavy (non-hydrogen) atoms. The van der Waals surface area contributed by atoms with Crippen molar-refractivity contribution in [2.24, 2.45) is 0 Å². The van der Waals surface area contributed by atoms with E-state index < -0.39 is 12.6 Å². The number of carbonyl (C=O) groups excluding carboxylic acids is 2. The second-order valence-electron chi connectivity index (χ2n) is 6.86. The number of aryl methyl sites for hydroxylation is 1. The summed E-state index contributed by atoms with van der Waals surface area (Å²) in [5.74, 6) is 0.0526. The van der Waals surface area contributed by atoms with E-state index in [1.807, 2.05) is 48.7 Å². The summed E-state index contributed by atoms with van der Waals surface area (Å²) in [5, 5.41) is 0. The molecule has 7 nitrogen and oxygen atoms in total. The van der Waals surface area contributed by atoms with E-state index in [-0.39, 0.29) is 17.1 Å². The third kappa shape index (κ3) is 4.40. The van der Waals surface area contributed by atoms with Gasteiger partial charge in [-0.15, -0.1) is 0 Å². The summed E-state index contributed by atoms with van der Waals surface area (Å²) in [7, 11) is 4.38. The van der Waals surface area contributed by atoms with Gasteiger partial charge in [0.15, 0.2) is 18.1 Å². The number of hydrogen-bond acceptors (Lipinski definition) is 6. The van der Waals surface area contributed by atoms with Crippen LogP contribution in [0.5, 0.6) is 17.2 Å². The van der Waals surface area contributed by atoms with E-state index in [9.17, 15) is 9.59 Å². The van der Waals surface area contributed by atoms with Crippen LogP contribution >= 0.6 is 0 Å². The monoisotopic (exact) mass is 423 g/mol. The highest BCUT2D eigenvalue weighted by Crippen LogP contribution is 2.35. The molecule has 0 N–H and O–H groups in total. The van der Waals surface area contributed by atoms with Crippen LogP contribution in [0.3, 0.4) is 0 Å². The van der Waals surface area contributed by atoms with Crippen LogP contribution in [0.4, 0.5) is 0 Å². The Hall–Kier alpha value is -3.74. The van der Waals surface area contributed by atoms with Crippen molar-refractivity contribution in [3.05, 3.63) is 71.0 Å². The summed E-state index contributed by atoms with van der Waals surface area (Å²) in [5.41, 5.74) is 3.31. The molecule has 0 saturated heterocycles. The van der Waals surface area contributed by atoms with E-state index in [2.05, 4.69) is 0 Å². The van der Waals surface area contributed by atoms with Crippen LogP contribution in [-0.2, 0) is 4.74 Å². The maximum atomic E-state index is 12.8. The van der Waals surface area contributed by atoms with Crippen LogP contribution < -0.4 is 14.2 Å². The van der Waals surface area contributed by atoms with Crippen LogP contribution in [0.1, 0.15) is 32.1 Å². The molecule has 3 aromatic rings. The lowest BCUT2D eigenvalue weighted by molar-refractivity contribution is 0.0471. The van der Waals surface area contributed by atoms with Gasteiger partial charge in [0.2, 0.25) is 5.78 Å². The summed E-state index contributed by atoms with van der Waals surface area (Å²) in [6, 6.07) is 14.6. The minimum atomic E-state index is -0.692. The summed E-state index contributed by atoms with van der Waals surface area (Å²) < 4.78 is 23.0. The van der Waals surface area contributed by atoms with Crippen molar-refractivity contribution in [3.63, 3.8) is 0 Å². The highest BCUT2D eigenvalue weighted by atomic mass is 16.5. The van der Waals surface area contributed by atoms with Crippen molar-refractivity contribution in [1.82, 2.24) is 4.57 Å². The van der Waals surface area contributed by atoms with Crippen molar-refractivity contribution in [2.45, 2.75) is 13.8 Å². The van der Waals surface area contributed by atoms with Crippen LogP contribution in [0.25, 0.3) is 5.69 Å². The zero-order valence-corrected chi connectivity index (χ0v) is 18.2. The molecule has 7 heteroatoms. The smallest absolute Gasteiger partial charge is 0.342 e. The molecule has 0 amide bonds. The lowest BCUT2D eigenvalue weighted by Gasteiger charge is -2.13. The molecule has 0 saturated carbocycles. The number of hydrogen-bond donors (Lipinski definition) is 0. The van der Waals surface area contributed by atoms with Crippen LogP contribution in [0.2, 0.25) is 0 Å². The third-order valence-corrected chi connectivity index (χ3v) is 5.01. The molecule has 2 aromatic carbocycles. The Morgan fingerprint density at radius 3 is 2.03 bits per heavy atom. The number of ether oxygens (including phenoxy) is 4. The number of benzene rings is 2. The van der Waals surface area contributed by atoms with Gasteiger partial charge in [0.05, 0.1) is 21.3 Å². The van der Waals surface area contributed by atoms with Gasteiger partial charge < -0.3 is 23.5 Å². The first-order chi connectivity index (χ1) is 14.9. The van der Waals surface area contributed by atoms with Crippen LogP contribution in [0.15, 0.2) is 48.5 Å². The molecular formula is C24H25NO6. The first-order valence-electron chi connectivity index (χ1n) is 9.66. The zero-order chi connectivity index (χ0) is 22.5. The van der Waals surface area contributed by atoms with Crippen molar-refractivity contribution >= 4 is 11.8 Å². The minimum absolute atomic E-state index is 0.141. The summed E-state index contributed by atoms with van der Waals surface area (Å²) in [6.07, 6.45) is 0. The predicted molar refractivity (Wildman–Crippen MR) is 116 cm³/mol. The van der Waals surface area contributed by atoms with Crippen molar-refractivity contribution in [1.29, 1.82) is 0 Å². The summed E-state index contributed by atoms with van der Waals surface area (Å²) in [6.45, 7) is 3.40. The Balaban J connectivity index is 1.80. The predicted octanol–water partition coefficient (Wildman–Crippen LogP) is 4.16. The number of ketones is 1. The fourth-order valence-electron chi connectivity index (χ4n) is 3.49. The van der Waals surface area contributed by atoms with E-state index in [1.54, 1.807) is 6.07 Å². The Bertz CT molecular complexity index is 1100. The molecule has 0 atom stereocenters. The molecule has 0 bridgehead atoms. The van der Waals surface area contributed by atoms with E-state index >= 15 is 0 Å². The number of esters is 1. The standard InChI is InChI=1S/C24H25NO6/c1-15-11-18(16(2)25(15)17-9-7-6-8-10-17)20(26)14-31-24(27)19-12-22(29-4)23(30-5)13-21(19)28-3/h6-13H,14H2,1-5H3. The molecule has 0 aliphatic heterocycles. The topological polar surface area (TPSA) is 76.0 Å². The fourth-order valence-corrected chi connectivity index (χ4v) is 3.49. The van der Waals surface area contributed by atoms with Gasteiger partial charge in [-0.1, -0.05) is 18.2 Å². The number of rotatable bonds is 8. The molecule has 1 aromatic heterocycles. The summed E-state index contributed by atoms with van der Waals surface area (Å²) >= 11 is 0. The van der Waals surface area contributed by atoms with Gasteiger partial charge in [0, 0.05) is 34.8 Å². The maximum Gasteiger partial charge on any atom is 0.342 e. The van der Waals surface area contributed by atoms with Gasteiger partial charge in [-0.2, -0.15) is 0 Å². The van der Waals surface area contributed by atoms with E-state index in [1.165, 1.54) is 33.5 Å². The van der Waals surface area contributed by atoms with E-state index in [0.29, 0.717) is 17.1 Å². The van der Waals surface area contributed by atoms with Crippen molar-refractivity contribution in [2.75, 3.05) is 27.9 Å². The van der Waals surface area contributed by atoms with Crippen LogP contribution in [0, 0.1) is 13.8 Å². The van der Waals surface area contributed by atoms with E-state index in [0.717, 1.165) is 17.1 Å². The van der Waals surface area contributed by atoms with Gasteiger partial charge in [-0.25, -0.2) is 4.79 Å². The third-order valence-electron chi connectivity index (χ3n) is 5.01.